The molecule has 13 nitrogen and oxygen atoms in total. The van der Waals surface area contributed by atoms with Crippen LogP contribution in [0.5, 0.6) is 5.75 Å². The lowest BCUT2D eigenvalue weighted by Gasteiger charge is -2.27. The van der Waals surface area contributed by atoms with Crippen LogP contribution in [0.25, 0.3) is 10.9 Å². The largest absolute Gasteiger partial charge is 0.493 e. The molecule has 2 aromatic carbocycles. The number of fused-ring (bicyclic) bond motifs is 1. The van der Waals surface area contributed by atoms with Gasteiger partial charge < -0.3 is 25.2 Å². The van der Waals surface area contributed by atoms with Crippen LogP contribution < -0.4 is 15.4 Å². The van der Waals surface area contributed by atoms with Crippen LogP contribution in [0.2, 0.25) is 0 Å². The highest BCUT2D eigenvalue weighted by molar-refractivity contribution is 7.46. The number of ether oxygens (including phenoxy) is 1. The van der Waals surface area contributed by atoms with Gasteiger partial charge in [0.15, 0.2) is 17.5 Å². The number of carbonyl (C=O) groups excluding carboxylic acids is 1. The van der Waals surface area contributed by atoms with Crippen LogP contribution in [0, 0.1) is 11.6 Å². The lowest BCUT2D eigenvalue weighted by atomic mass is 10.2. The first kappa shape index (κ1) is 30.9. The van der Waals surface area contributed by atoms with Gasteiger partial charge in [-0.05, 0) is 44.2 Å². The third-order valence-corrected chi connectivity index (χ3v) is 6.71. The minimum atomic E-state index is -4.58. The van der Waals surface area contributed by atoms with Gasteiger partial charge in [0.05, 0.1) is 24.2 Å². The fourth-order valence-electron chi connectivity index (χ4n) is 4.15. The standard InChI is InChI=1S/C26H30F2N7O6P/c1-3-35(16(2)41-42(37,38)39)10-5-11-40-18-8-9-19-22(14-18)29-15-30-26(19)32-23-12-17(33-34-23)13-24(36)31-21-7-4-6-20(27)25(21)28/h4,6-9,12,14-16H,3,5,10-11,13H2,1-2H3,(H,31,36)(H2,37,38,39)(H2,29,30,32,33,34). The summed E-state index contributed by atoms with van der Waals surface area (Å²) >= 11 is 0. The van der Waals surface area contributed by atoms with Gasteiger partial charge in [-0.15, -0.1) is 0 Å². The fraction of sp³-hybridized carbons (Fsp3) is 0.308. The van der Waals surface area contributed by atoms with Crippen molar-refractivity contribution >= 4 is 42.0 Å². The highest BCUT2D eigenvalue weighted by Gasteiger charge is 2.23. The summed E-state index contributed by atoms with van der Waals surface area (Å²) in [5.74, 6) is -1.32. The van der Waals surface area contributed by atoms with Gasteiger partial charge >= 0.3 is 7.82 Å². The van der Waals surface area contributed by atoms with E-state index in [4.69, 9.17) is 19.0 Å². The zero-order valence-corrected chi connectivity index (χ0v) is 23.6. The lowest BCUT2D eigenvalue weighted by molar-refractivity contribution is -0.115. The number of nitrogens with zero attached hydrogens (tertiary/aromatic N) is 4. The molecule has 0 saturated carbocycles. The molecule has 5 N–H and O–H groups in total. The van der Waals surface area contributed by atoms with Crippen LogP contribution in [-0.4, -0.2) is 66.7 Å². The van der Waals surface area contributed by atoms with Gasteiger partial charge in [-0.1, -0.05) is 13.0 Å². The monoisotopic (exact) mass is 605 g/mol. The quantitative estimate of drug-likeness (QED) is 0.0795. The highest BCUT2D eigenvalue weighted by atomic mass is 31.2. The van der Waals surface area contributed by atoms with Gasteiger partial charge in [0.1, 0.15) is 24.1 Å². The number of amides is 1. The zero-order valence-electron chi connectivity index (χ0n) is 22.8. The molecular weight excluding hydrogens is 575 g/mol. The van der Waals surface area contributed by atoms with E-state index in [0.29, 0.717) is 60.1 Å². The average Bonchev–Trinajstić information content (AvgIpc) is 3.36. The number of phosphoric acid groups is 1. The van der Waals surface area contributed by atoms with Crippen molar-refractivity contribution in [2.75, 3.05) is 30.3 Å². The molecule has 1 atom stereocenters. The van der Waals surface area contributed by atoms with Gasteiger partial charge in [-0.2, -0.15) is 5.10 Å². The number of phosphoric ester groups is 1. The first-order chi connectivity index (χ1) is 20.0. The maximum absolute atomic E-state index is 13.8. The SMILES string of the molecule is CCN(CCCOc1ccc2c(Nc3cc(CC(=O)Nc4cccc(F)c4F)[nH]n3)ncnc2c1)C(C)OP(=O)(O)O. The summed E-state index contributed by atoms with van der Waals surface area (Å²) in [7, 11) is -4.58. The number of rotatable bonds is 14. The van der Waals surface area contributed by atoms with E-state index < -0.39 is 31.6 Å². The number of H-pyrrole nitrogens is 1. The Kier molecular flexibility index (Phi) is 10.1. The molecule has 0 spiro atoms. The zero-order chi connectivity index (χ0) is 30.3. The number of anilines is 3. The highest BCUT2D eigenvalue weighted by Crippen LogP contribution is 2.38. The van der Waals surface area contributed by atoms with E-state index in [1.54, 1.807) is 36.1 Å². The Balaban J connectivity index is 1.32. The molecule has 1 unspecified atom stereocenters. The molecule has 0 aliphatic rings. The number of nitrogens with one attached hydrogen (secondary N) is 3. The van der Waals surface area contributed by atoms with Crippen molar-refractivity contribution in [3.05, 3.63) is 66.1 Å². The molecule has 4 aromatic rings. The Morgan fingerprint density at radius 1 is 1.19 bits per heavy atom. The summed E-state index contributed by atoms with van der Waals surface area (Å²) in [6.45, 7) is 4.86. The molecule has 16 heteroatoms. The first-order valence-corrected chi connectivity index (χ1v) is 14.5. The Morgan fingerprint density at radius 2 is 2.00 bits per heavy atom. The predicted octanol–water partition coefficient (Wildman–Crippen LogP) is 4.10. The van der Waals surface area contributed by atoms with Crippen LogP contribution in [0.1, 0.15) is 26.0 Å². The van der Waals surface area contributed by atoms with Crippen LogP contribution in [0.15, 0.2) is 48.8 Å². The van der Waals surface area contributed by atoms with Crippen molar-refractivity contribution in [2.24, 2.45) is 0 Å². The normalized spacial score (nSPS) is 12.5. The van der Waals surface area contributed by atoms with Gasteiger partial charge in [-0.3, -0.25) is 19.3 Å². The number of halogens is 2. The van der Waals surface area contributed by atoms with Gasteiger partial charge in [0, 0.05) is 29.8 Å². The Morgan fingerprint density at radius 3 is 2.76 bits per heavy atom. The van der Waals surface area contributed by atoms with Gasteiger partial charge in [-0.25, -0.2) is 23.3 Å². The van der Waals surface area contributed by atoms with E-state index >= 15 is 0 Å². The maximum Gasteiger partial charge on any atom is 0.471 e. The van der Waals surface area contributed by atoms with Crippen molar-refractivity contribution in [2.45, 2.75) is 32.9 Å². The van der Waals surface area contributed by atoms with Crippen LogP contribution >= 0.6 is 7.82 Å². The van der Waals surface area contributed by atoms with E-state index in [9.17, 15) is 18.1 Å². The maximum atomic E-state index is 13.8. The van der Waals surface area contributed by atoms with Crippen molar-refractivity contribution in [1.29, 1.82) is 0 Å². The molecule has 0 aliphatic heterocycles. The molecule has 224 valence electrons. The Labute approximate surface area is 239 Å². The summed E-state index contributed by atoms with van der Waals surface area (Å²) in [5.41, 5.74) is 0.792. The molecule has 0 saturated heterocycles. The average molecular weight is 606 g/mol. The smallest absolute Gasteiger partial charge is 0.471 e. The molecular formula is C26H30F2N7O6P. The van der Waals surface area contributed by atoms with Crippen molar-refractivity contribution < 1.29 is 37.2 Å². The minimum absolute atomic E-state index is 0.151. The molecule has 1 amide bonds. The second-order valence-electron chi connectivity index (χ2n) is 9.16. The molecule has 2 aromatic heterocycles. The summed E-state index contributed by atoms with van der Waals surface area (Å²) < 4.78 is 48.9. The van der Waals surface area contributed by atoms with E-state index in [1.807, 2.05) is 6.92 Å². The van der Waals surface area contributed by atoms with E-state index in [2.05, 4.69) is 30.8 Å². The number of aromatic amines is 1. The second kappa shape index (κ2) is 13.8. The minimum Gasteiger partial charge on any atom is -0.493 e. The van der Waals surface area contributed by atoms with Gasteiger partial charge in [0.2, 0.25) is 5.91 Å². The van der Waals surface area contributed by atoms with Gasteiger partial charge in [0.25, 0.3) is 0 Å². The van der Waals surface area contributed by atoms with Crippen LogP contribution in [0.4, 0.5) is 26.1 Å². The fourth-order valence-corrected chi connectivity index (χ4v) is 4.68. The molecule has 2 heterocycles. The van der Waals surface area contributed by atoms with E-state index in [0.717, 1.165) is 6.07 Å². The van der Waals surface area contributed by atoms with Crippen LogP contribution in [-0.2, 0) is 20.3 Å². The number of hydrogen-bond donors (Lipinski definition) is 5. The molecule has 0 aliphatic carbocycles. The third-order valence-electron chi connectivity index (χ3n) is 6.13. The number of hydrogen-bond acceptors (Lipinski definition) is 9. The Hall–Kier alpha value is -4.01. The van der Waals surface area contributed by atoms with Crippen molar-refractivity contribution in [1.82, 2.24) is 25.1 Å². The lowest BCUT2D eigenvalue weighted by Crippen LogP contribution is -2.35. The van der Waals surface area contributed by atoms with Crippen molar-refractivity contribution in [3.8, 4) is 5.75 Å². The van der Waals surface area contributed by atoms with Crippen molar-refractivity contribution in [3.63, 3.8) is 0 Å². The Bertz CT molecular complexity index is 1580. The second-order valence-corrected chi connectivity index (χ2v) is 10.3. The molecule has 4 rings (SSSR count). The number of carbonyl (C=O) groups is 1. The van der Waals surface area contributed by atoms with E-state index in [-0.39, 0.29) is 12.1 Å². The third kappa shape index (κ3) is 8.50. The number of benzene rings is 2. The summed E-state index contributed by atoms with van der Waals surface area (Å²) in [4.78, 5) is 40.7. The molecule has 0 radical (unpaired) electrons. The number of aromatic nitrogens is 4. The summed E-state index contributed by atoms with van der Waals surface area (Å²) in [6, 6.07) is 10.4. The predicted molar refractivity (Wildman–Crippen MR) is 150 cm³/mol. The molecule has 0 bridgehead atoms. The first-order valence-electron chi connectivity index (χ1n) is 12.9. The molecule has 0 fully saturated rings. The topological polar surface area (TPSA) is 175 Å². The van der Waals surface area contributed by atoms with E-state index in [1.165, 1.54) is 18.5 Å². The molecule has 42 heavy (non-hydrogen) atoms. The summed E-state index contributed by atoms with van der Waals surface area (Å²) in [6.07, 6.45) is 1.08. The summed E-state index contributed by atoms with van der Waals surface area (Å²) in [5, 5.41) is 13.0. The van der Waals surface area contributed by atoms with Crippen LogP contribution in [0.3, 0.4) is 0 Å².